The van der Waals surface area contributed by atoms with Crippen molar-refractivity contribution in [3.05, 3.63) is 18.2 Å². The number of hydrogen-bond acceptors (Lipinski definition) is 3. The minimum Gasteiger partial charge on any atom is -0.348 e. The first kappa shape index (κ1) is 10.5. The first-order chi connectivity index (χ1) is 7.77. The number of carbonyl (C=O) groups excluding carboxylic acids is 2. The summed E-state index contributed by atoms with van der Waals surface area (Å²) in [6, 6.07) is -0.0766. The highest BCUT2D eigenvalue weighted by atomic mass is 16.2. The fourth-order valence-electron chi connectivity index (χ4n) is 1.50. The molecular formula is C9H13N5O2. The Labute approximate surface area is 92.2 Å². The second-order valence-corrected chi connectivity index (χ2v) is 3.41. The van der Waals surface area contributed by atoms with Crippen LogP contribution in [-0.4, -0.2) is 53.0 Å². The SMILES string of the molecule is O=C(NCCN1CCNC1=O)c1ncc[nH]1. The molecule has 2 heterocycles. The maximum atomic E-state index is 11.4. The zero-order valence-electron chi connectivity index (χ0n) is 8.69. The van der Waals surface area contributed by atoms with Crippen molar-refractivity contribution in [2.75, 3.05) is 26.2 Å². The van der Waals surface area contributed by atoms with Crippen LogP contribution in [0.4, 0.5) is 4.79 Å². The van der Waals surface area contributed by atoms with Gasteiger partial charge in [0.2, 0.25) is 0 Å². The van der Waals surface area contributed by atoms with Crippen LogP contribution in [0.15, 0.2) is 12.4 Å². The van der Waals surface area contributed by atoms with Gasteiger partial charge in [0.1, 0.15) is 0 Å². The number of rotatable bonds is 4. The van der Waals surface area contributed by atoms with Gasteiger partial charge in [0.15, 0.2) is 5.82 Å². The minimum absolute atomic E-state index is 0.0766. The number of imidazole rings is 1. The maximum Gasteiger partial charge on any atom is 0.317 e. The third kappa shape index (κ3) is 2.30. The Balaban J connectivity index is 1.72. The third-order valence-electron chi connectivity index (χ3n) is 2.33. The van der Waals surface area contributed by atoms with Crippen molar-refractivity contribution in [2.45, 2.75) is 0 Å². The summed E-state index contributed by atoms with van der Waals surface area (Å²) < 4.78 is 0. The van der Waals surface area contributed by atoms with E-state index in [1.807, 2.05) is 0 Å². The van der Waals surface area contributed by atoms with Crippen molar-refractivity contribution in [3.63, 3.8) is 0 Å². The summed E-state index contributed by atoms with van der Waals surface area (Å²) in [5.41, 5.74) is 0. The van der Waals surface area contributed by atoms with Gasteiger partial charge in [-0.3, -0.25) is 4.79 Å². The molecule has 0 atom stereocenters. The van der Waals surface area contributed by atoms with Crippen LogP contribution in [0.25, 0.3) is 0 Å². The quantitative estimate of drug-likeness (QED) is 0.622. The van der Waals surface area contributed by atoms with Crippen molar-refractivity contribution in [1.29, 1.82) is 0 Å². The molecule has 0 saturated carbocycles. The first-order valence-corrected chi connectivity index (χ1v) is 5.08. The summed E-state index contributed by atoms with van der Waals surface area (Å²) in [6.07, 6.45) is 3.10. The molecule has 0 radical (unpaired) electrons. The Kier molecular flexibility index (Phi) is 3.04. The molecule has 1 aliphatic heterocycles. The summed E-state index contributed by atoms with van der Waals surface area (Å²) in [7, 11) is 0. The summed E-state index contributed by atoms with van der Waals surface area (Å²) in [6.45, 7) is 2.30. The third-order valence-corrected chi connectivity index (χ3v) is 2.33. The molecule has 2 rings (SSSR count). The number of urea groups is 1. The Hall–Kier alpha value is -2.05. The van der Waals surface area contributed by atoms with Crippen molar-refractivity contribution in [3.8, 4) is 0 Å². The van der Waals surface area contributed by atoms with E-state index in [-0.39, 0.29) is 17.8 Å². The molecule has 0 aromatic carbocycles. The lowest BCUT2D eigenvalue weighted by Gasteiger charge is -2.13. The number of H-pyrrole nitrogens is 1. The van der Waals surface area contributed by atoms with E-state index in [0.29, 0.717) is 26.2 Å². The van der Waals surface area contributed by atoms with Crippen LogP contribution >= 0.6 is 0 Å². The number of nitrogens with zero attached hydrogens (tertiary/aromatic N) is 2. The summed E-state index contributed by atoms with van der Waals surface area (Å²) in [5, 5.41) is 5.37. The van der Waals surface area contributed by atoms with Gasteiger partial charge in [-0.2, -0.15) is 0 Å². The normalized spacial score (nSPS) is 15.0. The average molecular weight is 223 g/mol. The van der Waals surface area contributed by atoms with Gasteiger partial charge in [-0.15, -0.1) is 0 Å². The molecule has 16 heavy (non-hydrogen) atoms. The topological polar surface area (TPSA) is 90.1 Å². The van der Waals surface area contributed by atoms with E-state index in [0.717, 1.165) is 0 Å². The number of carbonyl (C=O) groups is 2. The van der Waals surface area contributed by atoms with Gasteiger partial charge in [-0.05, 0) is 0 Å². The lowest BCUT2D eigenvalue weighted by atomic mass is 10.5. The molecule has 0 aliphatic carbocycles. The van der Waals surface area contributed by atoms with Crippen molar-refractivity contribution in [2.24, 2.45) is 0 Å². The Morgan fingerprint density at radius 2 is 2.50 bits per heavy atom. The van der Waals surface area contributed by atoms with Crippen molar-refractivity contribution in [1.82, 2.24) is 25.5 Å². The predicted octanol–water partition coefficient (Wildman–Crippen LogP) is -0.835. The Morgan fingerprint density at radius 3 is 3.12 bits per heavy atom. The standard InChI is InChI=1S/C9H13N5O2/c15-8(7-10-1-2-11-7)12-3-5-14-6-4-13-9(14)16/h1-2H,3-6H2,(H,10,11)(H,12,15)(H,13,16). The van der Waals surface area contributed by atoms with Crippen LogP contribution < -0.4 is 10.6 Å². The molecule has 1 aliphatic rings. The van der Waals surface area contributed by atoms with Gasteiger partial charge < -0.3 is 20.5 Å². The van der Waals surface area contributed by atoms with Gasteiger partial charge in [0.25, 0.3) is 5.91 Å². The molecule has 86 valence electrons. The largest absolute Gasteiger partial charge is 0.348 e. The highest BCUT2D eigenvalue weighted by Crippen LogP contribution is 1.94. The van der Waals surface area contributed by atoms with Gasteiger partial charge in [0.05, 0.1) is 0 Å². The molecule has 0 spiro atoms. The monoisotopic (exact) mass is 223 g/mol. The van der Waals surface area contributed by atoms with Crippen molar-refractivity contribution < 1.29 is 9.59 Å². The Morgan fingerprint density at radius 1 is 1.62 bits per heavy atom. The highest BCUT2D eigenvalue weighted by Gasteiger charge is 2.18. The molecule has 1 aromatic rings. The molecule has 0 unspecified atom stereocenters. The second kappa shape index (κ2) is 4.65. The Bertz CT molecular complexity index is 375. The van der Waals surface area contributed by atoms with Crippen LogP contribution in [0.1, 0.15) is 10.6 Å². The highest BCUT2D eigenvalue weighted by molar-refractivity contribution is 5.90. The van der Waals surface area contributed by atoms with E-state index in [2.05, 4.69) is 20.6 Å². The number of aromatic amines is 1. The number of hydrogen-bond donors (Lipinski definition) is 3. The van der Waals surface area contributed by atoms with Crippen LogP contribution in [0.5, 0.6) is 0 Å². The van der Waals surface area contributed by atoms with E-state index in [1.165, 1.54) is 6.20 Å². The molecule has 7 heteroatoms. The molecule has 7 nitrogen and oxygen atoms in total. The number of nitrogens with one attached hydrogen (secondary N) is 3. The van der Waals surface area contributed by atoms with Gasteiger partial charge in [-0.1, -0.05) is 0 Å². The van der Waals surface area contributed by atoms with E-state index in [1.54, 1.807) is 11.1 Å². The predicted molar refractivity (Wildman–Crippen MR) is 55.9 cm³/mol. The number of aromatic nitrogens is 2. The minimum atomic E-state index is -0.260. The molecule has 1 fully saturated rings. The zero-order valence-corrected chi connectivity index (χ0v) is 8.69. The van der Waals surface area contributed by atoms with Gasteiger partial charge >= 0.3 is 6.03 Å². The zero-order chi connectivity index (χ0) is 11.4. The van der Waals surface area contributed by atoms with Crippen LogP contribution in [0.2, 0.25) is 0 Å². The van der Waals surface area contributed by atoms with E-state index < -0.39 is 0 Å². The second-order valence-electron chi connectivity index (χ2n) is 3.41. The van der Waals surface area contributed by atoms with Crippen LogP contribution in [-0.2, 0) is 0 Å². The molecular weight excluding hydrogens is 210 g/mol. The van der Waals surface area contributed by atoms with E-state index in [9.17, 15) is 9.59 Å². The molecule has 3 N–H and O–H groups in total. The molecule has 1 aromatic heterocycles. The fraction of sp³-hybridized carbons (Fsp3) is 0.444. The van der Waals surface area contributed by atoms with Crippen LogP contribution in [0, 0.1) is 0 Å². The molecule has 0 bridgehead atoms. The molecule has 1 saturated heterocycles. The lowest BCUT2D eigenvalue weighted by Crippen LogP contribution is -2.37. The van der Waals surface area contributed by atoms with Gasteiger partial charge in [0, 0.05) is 38.6 Å². The summed E-state index contributed by atoms with van der Waals surface area (Å²) >= 11 is 0. The smallest absolute Gasteiger partial charge is 0.317 e. The fourth-order valence-corrected chi connectivity index (χ4v) is 1.50. The first-order valence-electron chi connectivity index (χ1n) is 5.08. The summed E-state index contributed by atoms with van der Waals surface area (Å²) in [4.78, 5) is 30.8. The van der Waals surface area contributed by atoms with Crippen molar-refractivity contribution >= 4 is 11.9 Å². The van der Waals surface area contributed by atoms with Crippen LogP contribution in [0.3, 0.4) is 0 Å². The summed E-state index contributed by atoms with van der Waals surface area (Å²) in [5.74, 6) is 0.0236. The maximum absolute atomic E-state index is 11.4. The lowest BCUT2D eigenvalue weighted by molar-refractivity contribution is 0.0941. The average Bonchev–Trinajstić information content (AvgIpc) is 2.90. The molecule has 3 amide bonds. The van der Waals surface area contributed by atoms with E-state index >= 15 is 0 Å². The van der Waals surface area contributed by atoms with Gasteiger partial charge in [-0.25, -0.2) is 9.78 Å². The van der Waals surface area contributed by atoms with E-state index in [4.69, 9.17) is 0 Å². The number of amides is 3.